The number of benzene rings is 1. The van der Waals surface area contributed by atoms with Gasteiger partial charge in [-0.3, -0.25) is 4.79 Å². The lowest BCUT2D eigenvalue weighted by Crippen LogP contribution is -2.40. The van der Waals surface area contributed by atoms with Crippen molar-refractivity contribution in [1.29, 1.82) is 0 Å². The van der Waals surface area contributed by atoms with Gasteiger partial charge in [0.25, 0.3) is 0 Å². The molecule has 0 aliphatic rings. The Hall–Kier alpha value is -1.39. The zero-order valence-corrected chi connectivity index (χ0v) is 10.3. The predicted octanol–water partition coefficient (Wildman–Crippen LogP) is 1.31. The molecule has 0 aromatic heterocycles. The summed E-state index contributed by atoms with van der Waals surface area (Å²) in [5, 5.41) is 11.6. The van der Waals surface area contributed by atoms with Crippen molar-refractivity contribution < 1.29 is 9.90 Å². The number of hydrogen-bond acceptors (Lipinski definition) is 3. The third-order valence-corrected chi connectivity index (χ3v) is 2.66. The molecule has 1 atom stereocenters. The van der Waals surface area contributed by atoms with Crippen molar-refractivity contribution in [1.82, 2.24) is 5.32 Å². The lowest BCUT2D eigenvalue weighted by atomic mass is 10.0. The van der Waals surface area contributed by atoms with Crippen molar-refractivity contribution in [2.45, 2.75) is 32.4 Å². The first-order valence-electron chi connectivity index (χ1n) is 5.78. The fourth-order valence-corrected chi connectivity index (χ4v) is 1.48. The number of carbonyl (C=O) groups is 1. The molecule has 0 saturated heterocycles. The second kappa shape index (κ2) is 6.37. The zero-order chi connectivity index (χ0) is 12.8. The highest BCUT2D eigenvalue weighted by Crippen LogP contribution is 2.14. The van der Waals surface area contributed by atoms with Crippen LogP contribution in [-0.4, -0.2) is 23.7 Å². The van der Waals surface area contributed by atoms with Gasteiger partial charge >= 0.3 is 5.97 Å². The van der Waals surface area contributed by atoms with Gasteiger partial charge in [-0.2, -0.15) is 0 Å². The van der Waals surface area contributed by atoms with E-state index >= 15 is 0 Å². The van der Waals surface area contributed by atoms with Gasteiger partial charge in [-0.1, -0.05) is 38.1 Å². The van der Waals surface area contributed by atoms with Gasteiger partial charge in [0.1, 0.15) is 6.04 Å². The molecular formula is C13H20N2O2. The molecule has 4 nitrogen and oxygen atoms in total. The van der Waals surface area contributed by atoms with Gasteiger partial charge in [-0.15, -0.1) is 0 Å². The van der Waals surface area contributed by atoms with Crippen LogP contribution in [0.4, 0.5) is 0 Å². The van der Waals surface area contributed by atoms with Crippen LogP contribution in [-0.2, 0) is 11.3 Å². The van der Waals surface area contributed by atoms with Gasteiger partial charge < -0.3 is 16.2 Å². The average molecular weight is 236 g/mol. The molecule has 0 saturated carbocycles. The number of aliphatic carboxylic acids is 1. The van der Waals surface area contributed by atoms with E-state index in [4.69, 9.17) is 10.8 Å². The molecule has 0 bridgehead atoms. The van der Waals surface area contributed by atoms with Crippen LogP contribution in [0, 0.1) is 0 Å². The molecule has 0 fully saturated rings. The minimum absolute atomic E-state index is 0.279. The van der Waals surface area contributed by atoms with E-state index in [9.17, 15) is 4.79 Å². The van der Waals surface area contributed by atoms with Crippen LogP contribution in [0.2, 0.25) is 0 Å². The summed E-state index contributed by atoms with van der Waals surface area (Å²) >= 11 is 0. The van der Waals surface area contributed by atoms with Crippen LogP contribution in [0.25, 0.3) is 0 Å². The molecule has 0 aliphatic heterocycles. The molecule has 0 heterocycles. The zero-order valence-electron chi connectivity index (χ0n) is 10.3. The van der Waals surface area contributed by atoms with E-state index in [1.54, 1.807) is 0 Å². The molecule has 94 valence electrons. The fourth-order valence-electron chi connectivity index (χ4n) is 1.48. The largest absolute Gasteiger partial charge is 0.480 e. The first kappa shape index (κ1) is 13.7. The van der Waals surface area contributed by atoms with Crippen LogP contribution >= 0.6 is 0 Å². The maximum atomic E-state index is 10.5. The predicted molar refractivity (Wildman–Crippen MR) is 67.8 cm³/mol. The molecule has 17 heavy (non-hydrogen) atoms. The maximum Gasteiger partial charge on any atom is 0.321 e. The minimum atomic E-state index is -0.979. The van der Waals surface area contributed by atoms with E-state index < -0.39 is 12.0 Å². The summed E-state index contributed by atoms with van der Waals surface area (Å²) in [6, 6.07) is 7.45. The second-order valence-corrected chi connectivity index (χ2v) is 4.47. The average Bonchev–Trinajstić information content (AvgIpc) is 2.29. The molecule has 1 unspecified atom stereocenters. The highest BCUT2D eigenvalue weighted by molar-refractivity contribution is 5.73. The first-order chi connectivity index (χ1) is 8.00. The van der Waals surface area contributed by atoms with Crippen molar-refractivity contribution in [2.24, 2.45) is 5.73 Å². The molecule has 1 aromatic carbocycles. The molecule has 1 rings (SSSR count). The van der Waals surface area contributed by atoms with E-state index in [2.05, 4.69) is 43.4 Å². The van der Waals surface area contributed by atoms with E-state index in [0.717, 1.165) is 5.56 Å². The number of nitrogens with two attached hydrogens (primary N) is 1. The Labute approximate surface area is 102 Å². The topological polar surface area (TPSA) is 75.3 Å². The molecule has 0 aliphatic carbocycles. The summed E-state index contributed by atoms with van der Waals surface area (Å²) in [7, 11) is 0. The summed E-state index contributed by atoms with van der Waals surface area (Å²) in [6.07, 6.45) is 0. The van der Waals surface area contributed by atoms with Gasteiger partial charge in [0.2, 0.25) is 0 Å². The molecule has 0 spiro atoms. The monoisotopic (exact) mass is 236 g/mol. The van der Waals surface area contributed by atoms with Crippen LogP contribution in [0.3, 0.4) is 0 Å². The Morgan fingerprint density at radius 1 is 1.35 bits per heavy atom. The van der Waals surface area contributed by atoms with Crippen LogP contribution in [0.15, 0.2) is 24.3 Å². The SMILES string of the molecule is CC(C)c1ccc(CNCC(N)C(=O)O)cc1. The first-order valence-corrected chi connectivity index (χ1v) is 5.78. The summed E-state index contributed by atoms with van der Waals surface area (Å²) < 4.78 is 0. The number of hydrogen-bond donors (Lipinski definition) is 3. The van der Waals surface area contributed by atoms with Crippen molar-refractivity contribution in [3.05, 3.63) is 35.4 Å². The van der Waals surface area contributed by atoms with Gasteiger partial charge in [0.05, 0.1) is 0 Å². The highest BCUT2D eigenvalue weighted by atomic mass is 16.4. The minimum Gasteiger partial charge on any atom is -0.480 e. The normalized spacial score (nSPS) is 12.7. The number of carboxylic acid groups (broad SMARTS) is 1. The van der Waals surface area contributed by atoms with E-state index in [-0.39, 0.29) is 6.54 Å². The third kappa shape index (κ3) is 4.54. The van der Waals surface area contributed by atoms with Crippen LogP contribution in [0.1, 0.15) is 30.9 Å². The standard InChI is InChI=1S/C13H20N2O2/c1-9(2)11-5-3-10(4-6-11)7-15-8-12(14)13(16)17/h3-6,9,12,15H,7-8,14H2,1-2H3,(H,16,17). The summed E-state index contributed by atoms with van der Waals surface area (Å²) in [5.74, 6) is -0.454. The Morgan fingerprint density at radius 2 is 1.94 bits per heavy atom. The lowest BCUT2D eigenvalue weighted by molar-refractivity contribution is -0.138. The lowest BCUT2D eigenvalue weighted by Gasteiger charge is -2.10. The fraction of sp³-hybridized carbons (Fsp3) is 0.462. The number of rotatable bonds is 6. The maximum absolute atomic E-state index is 10.5. The van der Waals surface area contributed by atoms with E-state index in [1.807, 2.05) is 0 Å². The second-order valence-electron chi connectivity index (χ2n) is 4.47. The third-order valence-electron chi connectivity index (χ3n) is 2.66. The molecule has 4 heteroatoms. The van der Waals surface area contributed by atoms with Gasteiger partial charge in [-0.25, -0.2) is 0 Å². The van der Waals surface area contributed by atoms with Gasteiger partial charge in [0.15, 0.2) is 0 Å². The van der Waals surface area contributed by atoms with E-state index in [0.29, 0.717) is 12.5 Å². The Kier molecular flexibility index (Phi) is 5.12. The summed E-state index contributed by atoms with van der Waals surface area (Å²) in [5.41, 5.74) is 7.82. The van der Waals surface area contributed by atoms with Crippen LogP contribution < -0.4 is 11.1 Å². The Balaban J connectivity index is 2.40. The highest BCUT2D eigenvalue weighted by Gasteiger charge is 2.09. The van der Waals surface area contributed by atoms with Crippen molar-refractivity contribution in [2.75, 3.05) is 6.54 Å². The molecule has 0 amide bonds. The molecule has 4 N–H and O–H groups in total. The van der Waals surface area contributed by atoms with E-state index in [1.165, 1.54) is 5.56 Å². The smallest absolute Gasteiger partial charge is 0.321 e. The Morgan fingerprint density at radius 3 is 2.41 bits per heavy atom. The quantitative estimate of drug-likeness (QED) is 0.696. The van der Waals surface area contributed by atoms with Gasteiger partial charge in [-0.05, 0) is 17.0 Å². The summed E-state index contributed by atoms with van der Waals surface area (Å²) in [4.78, 5) is 10.5. The van der Waals surface area contributed by atoms with Crippen molar-refractivity contribution in [3.8, 4) is 0 Å². The van der Waals surface area contributed by atoms with Crippen molar-refractivity contribution >= 4 is 5.97 Å². The summed E-state index contributed by atoms with van der Waals surface area (Å²) in [6.45, 7) is 5.22. The molecule has 0 radical (unpaired) electrons. The molecule has 1 aromatic rings. The van der Waals surface area contributed by atoms with Gasteiger partial charge in [0, 0.05) is 13.1 Å². The van der Waals surface area contributed by atoms with Crippen molar-refractivity contribution in [3.63, 3.8) is 0 Å². The number of nitrogens with one attached hydrogen (secondary N) is 1. The Bertz CT molecular complexity index is 360. The molecular weight excluding hydrogens is 216 g/mol. The number of carboxylic acids is 1. The van der Waals surface area contributed by atoms with Crippen LogP contribution in [0.5, 0.6) is 0 Å².